The molecule has 0 unspecified atom stereocenters. The van der Waals surface area contributed by atoms with Crippen molar-refractivity contribution < 1.29 is 14.6 Å². The van der Waals surface area contributed by atoms with Gasteiger partial charge in [-0.25, -0.2) is 0 Å². The van der Waals surface area contributed by atoms with Crippen molar-refractivity contribution in [2.75, 3.05) is 13.2 Å². The minimum absolute atomic E-state index is 0.0887. The van der Waals surface area contributed by atoms with Gasteiger partial charge in [-0.15, -0.1) is 15.0 Å². The van der Waals surface area contributed by atoms with Gasteiger partial charge >= 0.3 is 0 Å². The van der Waals surface area contributed by atoms with Gasteiger partial charge in [0.25, 0.3) is 0 Å². The third-order valence-electron chi connectivity index (χ3n) is 4.59. The first kappa shape index (κ1) is 20.0. The molecule has 0 bridgehead atoms. The third kappa shape index (κ3) is 5.15. The predicted octanol–water partition coefficient (Wildman–Crippen LogP) is 5.26. The molecule has 0 aliphatic carbocycles. The minimum atomic E-state index is 0.0887. The van der Waals surface area contributed by atoms with E-state index in [1.165, 1.54) is 36.9 Å². The fourth-order valence-electron chi connectivity index (χ4n) is 3.09. The van der Waals surface area contributed by atoms with E-state index in [4.69, 9.17) is 9.47 Å². The predicted molar refractivity (Wildman–Crippen MR) is 111 cm³/mol. The lowest BCUT2D eigenvalue weighted by Crippen LogP contribution is -2.01. The average Bonchev–Trinajstić information content (AvgIpc) is 3.10. The molecule has 2 aromatic carbocycles. The van der Waals surface area contributed by atoms with Crippen molar-refractivity contribution >= 4 is 11.0 Å². The van der Waals surface area contributed by atoms with Crippen molar-refractivity contribution in [1.82, 2.24) is 15.0 Å². The van der Waals surface area contributed by atoms with Crippen LogP contribution in [0.5, 0.6) is 17.2 Å². The van der Waals surface area contributed by atoms with E-state index in [9.17, 15) is 5.11 Å². The Kier molecular flexibility index (Phi) is 7.12. The van der Waals surface area contributed by atoms with Crippen LogP contribution in [-0.4, -0.2) is 33.3 Å². The number of aromatic nitrogens is 3. The number of fused-ring (bicyclic) bond motifs is 1. The number of hydrogen-bond acceptors (Lipinski definition) is 5. The maximum Gasteiger partial charge on any atom is 0.146 e. The first-order valence-electron chi connectivity index (χ1n) is 10.2. The normalized spacial score (nSPS) is 11.1. The van der Waals surface area contributed by atoms with E-state index in [0.717, 1.165) is 17.7 Å². The highest BCUT2D eigenvalue weighted by molar-refractivity contribution is 5.75. The lowest BCUT2D eigenvalue weighted by molar-refractivity contribution is 0.302. The van der Waals surface area contributed by atoms with Crippen LogP contribution in [0.2, 0.25) is 0 Å². The molecule has 1 aromatic heterocycles. The van der Waals surface area contributed by atoms with Gasteiger partial charge in [-0.3, -0.25) is 0 Å². The summed E-state index contributed by atoms with van der Waals surface area (Å²) < 4.78 is 11.3. The van der Waals surface area contributed by atoms with Crippen LogP contribution >= 0.6 is 0 Å². The van der Waals surface area contributed by atoms with Crippen LogP contribution in [0.15, 0.2) is 36.4 Å². The van der Waals surface area contributed by atoms with Crippen LogP contribution in [0.4, 0.5) is 0 Å². The molecule has 0 saturated carbocycles. The number of aromatic hydroxyl groups is 1. The highest BCUT2D eigenvalue weighted by atomic mass is 16.5. The quantitative estimate of drug-likeness (QED) is 0.457. The number of benzene rings is 2. The van der Waals surface area contributed by atoms with E-state index in [1.807, 2.05) is 31.2 Å². The Balaban J connectivity index is 1.61. The van der Waals surface area contributed by atoms with Gasteiger partial charge in [0.15, 0.2) is 0 Å². The lowest BCUT2D eigenvalue weighted by Gasteiger charge is -2.08. The van der Waals surface area contributed by atoms with Gasteiger partial charge < -0.3 is 14.6 Å². The van der Waals surface area contributed by atoms with E-state index < -0.39 is 0 Å². The second kappa shape index (κ2) is 9.97. The summed E-state index contributed by atoms with van der Waals surface area (Å²) in [5, 5.41) is 19.3. The molecule has 28 heavy (non-hydrogen) atoms. The first-order valence-corrected chi connectivity index (χ1v) is 10.2. The molecule has 6 heteroatoms. The molecule has 6 nitrogen and oxygen atoms in total. The summed E-state index contributed by atoms with van der Waals surface area (Å²) in [6.07, 6.45) is 7.32. The zero-order valence-electron chi connectivity index (χ0n) is 16.7. The molecule has 0 saturated heterocycles. The number of unbranched alkanes of at least 4 members (excludes halogenated alkanes) is 5. The summed E-state index contributed by atoms with van der Waals surface area (Å²) >= 11 is 0. The molecule has 150 valence electrons. The maximum absolute atomic E-state index is 10.4. The molecule has 0 spiro atoms. The number of phenols is 1. The third-order valence-corrected chi connectivity index (χ3v) is 4.59. The zero-order chi connectivity index (χ0) is 19.8. The van der Waals surface area contributed by atoms with Crippen molar-refractivity contribution in [2.45, 2.75) is 52.4 Å². The largest absolute Gasteiger partial charge is 0.505 e. The molecule has 3 rings (SSSR count). The van der Waals surface area contributed by atoms with E-state index in [1.54, 1.807) is 12.1 Å². The molecule has 0 atom stereocenters. The highest BCUT2D eigenvalue weighted by Gasteiger charge is 2.11. The number of nitrogens with zero attached hydrogens (tertiary/aromatic N) is 3. The zero-order valence-corrected chi connectivity index (χ0v) is 16.7. The van der Waals surface area contributed by atoms with Crippen LogP contribution in [0, 0.1) is 0 Å². The minimum Gasteiger partial charge on any atom is -0.505 e. The number of ether oxygens (including phenoxy) is 2. The van der Waals surface area contributed by atoms with Gasteiger partial charge in [-0.1, -0.05) is 39.0 Å². The van der Waals surface area contributed by atoms with Crippen molar-refractivity contribution in [3.63, 3.8) is 0 Å². The Morgan fingerprint density at radius 2 is 1.54 bits per heavy atom. The molecule has 0 amide bonds. The molecule has 0 aliphatic rings. The van der Waals surface area contributed by atoms with Crippen LogP contribution in [0.3, 0.4) is 0 Å². The molecule has 3 aromatic rings. The average molecular weight is 383 g/mol. The lowest BCUT2D eigenvalue weighted by atomic mass is 10.1. The van der Waals surface area contributed by atoms with Gasteiger partial charge in [0.2, 0.25) is 0 Å². The maximum atomic E-state index is 10.4. The van der Waals surface area contributed by atoms with Gasteiger partial charge in [0.1, 0.15) is 34.0 Å². The summed E-state index contributed by atoms with van der Waals surface area (Å²) in [5.74, 6) is 1.50. The van der Waals surface area contributed by atoms with Crippen LogP contribution in [0.25, 0.3) is 16.7 Å². The van der Waals surface area contributed by atoms with Gasteiger partial charge in [-0.05, 0) is 37.6 Å². The van der Waals surface area contributed by atoms with Crippen LogP contribution < -0.4 is 9.47 Å². The standard InChI is InChI=1S/C22H29N3O3/c1-3-5-6-7-8-9-14-28-18-11-13-21(22(26)16-18)25-23-19-12-10-17(27-4-2)15-20(19)24-25/h10-13,15-16,26H,3-9,14H2,1-2H3. The second-order valence-electron chi connectivity index (χ2n) is 6.84. The van der Waals surface area contributed by atoms with E-state index >= 15 is 0 Å². The Hall–Kier alpha value is -2.76. The van der Waals surface area contributed by atoms with Crippen LogP contribution in [0.1, 0.15) is 52.4 Å². The Morgan fingerprint density at radius 3 is 2.32 bits per heavy atom. The number of rotatable bonds is 11. The van der Waals surface area contributed by atoms with Crippen molar-refractivity contribution in [1.29, 1.82) is 0 Å². The molecule has 0 aliphatic heterocycles. The Morgan fingerprint density at radius 1 is 0.821 bits per heavy atom. The highest BCUT2D eigenvalue weighted by Crippen LogP contribution is 2.27. The molecular formula is C22H29N3O3. The second-order valence-corrected chi connectivity index (χ2v) is 6.84. The van der Waals surface area contributed by atoms with Crippen molar-refractivity contribution in [2.24, 2.45) is 0 Å². The van der Waals surface area contributed by atoms with E-state index in [-0.39, 0.29) is 5.75 Å². The summed E-state index contributed by atoms with van der Waals surface area (Å²) in [6, 6.07) is 10.8. The topological polar surface area (TPSA) is 69.4 Å². The smallest absolute Gasteiger partial charge is 0.146 e. The number of hydrogen-bond donors (Lipinski definition) is 1. The summed E-state index contributed by atoms with van der Waals surface area (Å²) in [4.78, 5) is 1.44. The fraction of sp³-hybridized carbons (Fsp3) is 0.455. The molecule has 1 N–H and O–H groups in total. The van der Waals surface area contributed by atoms with Crippen molar-refractivity contribution in [3.8, 4) is 22.9 Å². The molecular weight excluding hydrogens is 354 g/mol. The van der Waals surface area contributed by atoms with Crippen LogP contribution in [-0.2, 0) is 0 Å². The summed E-state index contributed by atoms with van der Waals surface area (Å²) in [5.41, 5.74) is 1.97. The van der Waals surface area contributed by atoms with Gasteiger partial charge in [-0.2, -0.15) is 0 Å². The number of phenolic OH excluding ortho intramolecular Hbond substituents is 1. The molecule has 0 radical (unpaired) electrons. The SMILES string of the molecule is CCCCCCCCOc1ccc(-n2nc3ccc(OCC)cc3n2)c(O)c1. The fourth-order valence-corrected chi connectivity index (χ4v) is 3.09. The Bertz CT molecular complexity index is 892. The first-order chi connectivity index (χ1) is 13.7. The Labute approximate surface area is 166 Å². The summed E-state index contributed by atoms with van der Waals surface area (Å²) in [6.45, 7) is 5.42. The molecule has 1 heterocycles. The molecule has 0 fully saturated rings. The van der Waals surface area contributed by atoms with Crippen molar-refractivity contribution in [3.05, 3.63) is 36.4 Å². The van der Waals surface area contributed by atoms with Gasteiger partial charge in [0.05, 0.1) is 13.2 Å². The van der Waals surface area contributed by atoms with E-state index in [2.05, 4.69) is 17.1 Å². The summed E-state index contributed by atoms with van der Waals surface area (Å²) in [7, 11) is 0. The van der Waals surface area contributed by atoms with E-state index in [0.29, 0.717) is 30.2 Å². The van der Waals surface area contributed by atoms with Gasteiger partial charge in [0, 0.05) is 12.1 Å². The monoisotopic (exact) mass is 383 g/mol.